The third-order valence-corrected chi connectivity index (χ3v) is 3.95. The molecular formula is C12H21NS2. The first kappa shape index (κ1) is 13.0. The maximum atomic E-state index is 3.33. The predicted molar refractivity (Wildman–Crippen MR) is 72.0 cm³/mol. The van der Waals surface area contributed by atoms with E-state index in [1.165, 1.54) is 9.92 Å². The summed E-state index contributed by atoms with van der Waals surface area (Å²) < 4.78 is 0.535. The second kappa shape index (κ2) is 4.46. The number of aromatic nitrogens is 1. The number of hydrogen-bond acceptors (Lipinski definition) is 2. The molecule has 1 aromatic rings. The van der Waals surface area contributed by atoms with Gasteiger partial charge in [-0.15, -0.1) is 23.5 Å². The van der Waals surface area contributed by atoms with E-state index in [9.17, 15) is 0 Å². The molecule has 1 aromatic heterocycles. The van der Waals surface area contributed by atoms with Gasteiger partial charge in [-0.05, 0) is 6.07 Å². The molecule has 0 amide bonds. The highest BCUT2D eigenvalue weighted by molar-refractivity contribution is 8.03. The lowest BCUT2D eigenvalue weighted by Gasteiger charge is -2.21. The van der Waals surface area contributed by atoms with Crippen LogP contribution in [0.4, 0.5) is 0 Å². The summed E-state index contributed by atoms with van der Waals surface area (Å²) in [5, 5.41) is 1.29. The Hall–Kier alpha value is -0.0200. The monoisotopic (exact) mass is 243 g/mol. The Labute approximate surface area is 102 Å². The van der Waals surface area contributed by atoms with Crippen molar-refractivity contribution in [2.75, 3.05) is 0 Å². The van der Waals surface area contributed by atoms with Gasteiger partial charge in [-0.25, -0.2) is 0 Å². The van der Waals surface area contributed by atoms with Crippen LogP contribution >= 0.6 is 23.5 Å². The normalized spacial score (nSPS) is 13.2. The molecule has 0 atom stereocenters. The van der Waals surface area contributed by atoms with Gasteiger partial charge >= 0.3 is 0 Å². The molecule has 0 aliphatic carbocycles. The molecular weight excluding hydrogens is 222 g/mol. The Kier molecular flexibility index (Phi) is 3.88. The van der Waals surface area contributed by atoms with Crippen LogP contribution in [0.3, 0.4) is 0 Å². The summed E-state index contributed by atoms with van der Waals surface area (Å²) in [6, 6.07) is 2.17. The molecule has 0 aliphatic rings. The van der Waals surface area contributed by atoms with Crippen molar-refractivity contribution in [1.29, 1.82) is 0 Å². The predicted octanol–water partition coefficient (Wildman–Crippen LogP) is 4.80. The highest BCUT2D eigenvalue weighted by Crippen LogP contribution is 2.41. The fourth-order valence-electron chi connectivity index (χ4n) is 1.14. The first-order chi connectivity index (χ1) is 6.67. The van der Waals surface area contributed by atoms with Crippen molar-refractivity contribution in [3.63, 3.8) is 0 Å². The van der Waals surface area contributed by atoms with Crippen LogP contribution in [0.25, 0.3) is 0 Å². The van der Waals surface area contributed by atoms with E-state index in [1.54, 1.807) is 0 Å². The second-order valence-corrected chi connectivity index (χ2v) is 9.31. The molecule has 1 nitrogen and oxygen atoms in total. The topological polar surface area (TPSA) is 15.8 Å². The van der Waals surface area contributed by atoms with Gasteiger partial charge in [0.2, 0.25) is 0 Å². The van der Waals surface area contributed by atoms with Gasteiger partial charge in [-0.1, -0.05) is 41.5 Å². The molecule has 1 heterocycles. The summed E-state index contributed by atoms with van der Waals surface area (Å²) in [5.74, 6) is 0. The molecule has 0 spiro atoms. The maximum absolute atomic E-state index is 3.33. The average molecular weight is 243 g/mol. The van der Waals surface area contributed by atoms with Crippen molar-refractivity contribution in [2.45, 2.75) is 61.0 Å². The lowest BCUT2D eigenvalue weighted by molar-refractivity contribution is 0.792. The number of thioether (sulfide) groups is 2. The van der Waals surface area contributed by atoms with Crippen LogP contribution in [0.2, 0.25) is 0 Å². The SMILES string of the molecule is CC(C)(C)Sc1cc[nH]c1SC(C)(C)C. The van der Waals surface area contributed by atoms with Crippen LogP contribution in [0.1, 0.15) is 41.5 Å². The summed E-state index contributed by atoms with van der Waals surface area (Å²) in [6.45, 7) is 13.5. The van der Waals surface area contributed by atoms with Gasteiger partial charge in [0.1, 0.15) is 0 Å². The fraction of sp³-hybridized carbons (Fsp3) is 0.667. The number of hydrogen-bond donors (Lipinski definition) is 1. The molecule has 0 unspecified atom stereocenters. The lowest BCUT2D eigenvalue weighted by atomic mass is 10.3. The van der Waals surface area contributed by atoms with E-state index in [0.717, 1.165) is 0 Å². The Morgan fingerprint density at radius 1 is 0.933 bits per heavy atom. The minimum atomic E-state index is 0.262. The molecule has 0 bridgehead atoms. The van der Waals surface area contributed by atoms with Crippen LogP contribution < -0.4 is 0 Å². The molecule has 0 fully saturated rings. The highest BCUT2D eigenvalue weighted by atomic mass is 32.2. The van der Waals surface area contributed by atoms with Crippen LogP contribution in [-0.4, -0.2) is 14.5 Å². The van der Waals surface area contributed by atoms with E-state index < -0.39 is 0 Å². The Balaban J connectivity index is 2.79. The molecule has 1 N–H and O–H groups in total. The summed E-state index contributed by atoms with van der Waals surface area (Å²) >= 11 is 3.82. The van der Waals surface area contributed by atoms with Crippen molar-refractivity contribution < 1.29 is 0 Å². The van der Waals surface area contributed by atoms with Crippen LogP contribution in [0.5, 0.6) is 0 Å². The number of H-pyrrole nitrogens is 1. The maximum Gasteiger partial charge on any atom is 0.0865 e. The molecule has 0 aromatic carbocycles. The van der Waals surface area contributed by atoms with Gasteiger partial charge in [-0.3, -0.25) is 0 Å². The van der Waals surface area contributed by atoms with Gasteiger partial charge < -0.3 is 4.98 Å². The van der Waals surface area contributed by atoms with Gasteiger partial charge in [-0.2, -0.15) is 0 Å². The number of nitrogens with one attached hydrogen (secondary N) is 1. The Bertz CT molecular complexity index is 285. The van der Waals surface area contributed by atoms with Crippen LogP contribution in [-0.2, 0) is 0 Å². The first-order valence-electron chi connectivity index (χ1n) is 5.23. The molecule has 0 aliphatic heterocycles. The van der Waals surface area contributed by atoms with Crippen molar-refractivity contribution in [3.05, 3.63) is 12.3 Å². The third kappa shape index (κ3) is 5.03. The van der Waals surface area contributed by atoms with Gasteiger partial charge in [0.15, 0.2) is 0 Å². The molecule has 3 heteroatoms. The highest BCUT2D eigenvalue weighted by Gasteiger charge is 2.19. The Morgan fingerprint density at radius 3 is 1.93 bits per heavy atom. The number of aromatic amines is 1. The van der Waals surface area contributed by atoms with E-state index >= 15 is 0 Å². The van der Waals surface area contributed by atoms with Gasteiger partial charge in [0, 0.05) is 20.6 Å². The van der Waals surface area contributed by atoms with Crippen LogP contribution in [0, 0.1) is 0 Å². The molecule has 1 rings (SSSR count). The largest absolute Gasteiger partial charge is 0.356 e. The molecule has 0 saturated heterocycles. The summed E-state index contributed by atoms with van der Waals surface area (Å²) in [4.78, 5) is 4.69. The standard InChI is InChI=1S/C12H21NS2/c1-11(2,3)14-9-7-8-13-10(9)15-12(4,5)6/h7-8,13H,1-6H3. The molecule has 0 saturated carbocycles. The zero-order chi connectivity index (χ0) is 11.7. The average Bonchev–Trinajstić information content (AvgIpc) is 2.29. The first-order valence-corrected chi connectivity index (χ1v) is 6.86. The quantitative estimate of drug-likeness (QED) is 0.751. The summed E-state index contributed by atoms with van der Waals surface area (Å²) in [6.07, 6.45) is 2.03. The third-order valence-electron chi connectivity index (χ3n) is 1.50. The van der Waals surface area contributed by atoms with E-state index in [2.05, 4.69) is 52.6 Å². The fourth-order valence-corrected chi connectivity index (χ4v) is 3.24. The van der Waals surface area contributed by atoms with E-state index in [4.69, 9.17) is 0 Å². The van der Waals surface area contributed by atoms with Crippen LogP contribution in [0.15, 0.2) is 22.2 Å². The minimum absolute atomic E-state index is 0.262. The lowest BCUT2D eigenvalue weighted by Crippen LogP contribution is -2.09. The number of rotatable bonds is 2. The second-order valence-electron chi connectivity index (χ2n) is 5.60. The summed E-state index contributed by atoms with van der Waals surface area (Å²) in [5.41, 5.74) is 0. The zero-order valence-electron chi connectivity index (χ0n) is 10.5. The van der Waals surface area contributed by atoms with E-state index in [-0.39, 0.29) is 9.49 Å². The van der Waals surface area contributed by atoms with Crippen molar-refractivity contribution in [3.8, 4) is 0 Å². The van der Waals surface area contributed by atoms with Gasteiger partial charge in [0.25, 0.3) is 0 Å². The van der Waals surface area contributed by atoms with Crippen molar-refractivity contribution in [2.24, 2.45) is 0 Å². The Morgan fingerprint density at radius 2 is 1.47 bits per heavy atom. The van der Waals surface area contributed by atoms with E-state index in [0.29, 0.717) is 0 Å². The van der Waals surface area contributed by atoms with Crippen molar-refractivity contribution in [1.82, 2.24) is 4.98 Å². The van der Waals surface area contributed by atoms with Gasteiger partial charge in [0.05, 0.1) is 5.03 Å². The zero-order valence-corrected chi connectivity index (χ0v) is 12.1. The molecule has 0 radical (unpaired) electrons. The summed E-state index contributed by atoms with van der Waals surface area (Å²) in [7, 11) is 0. The smallest absolute Gasteiger partial charge is 0.0865 e. The minimum Gasteiger partial charge on any atom is -0.356 e. The van der Waals surface area contributed by atoms with E-state index in [1.807, 2.05) is 29.7 Å². The van der Waals surface area contributed by atoms with Crippen molar-refractivity contribution >= 4 is 23.5 Å². The molecule has 86 valence electrons. The molecule has 15 heavy (non-hydrogen) atoms.